The normalized spacial score (nSPS) is 13.8. The van der Waals surface area contributed by atoms with Crippen molar-refractivity contribution in [3.05, 3.63) is 52.8 Å². The number of imide groups is 1. The lowest BCUT2D eigenvalue weighted by Crippen LogP contribution is -2.35. The number of rotatable bonds is 8. The summed E-state index contributed by atoms with van der Waals surface area (Å²) in [5, 5.41) is 2.34. The summed E-state index contributed by atoms with van der Waals surface area (Å²) in [5.41, 5.74) is 0.317. The number of nitrogens with one attached hydrogen (secondary N) is 1. The second-order valence-corrected chi connectivity index (χ2v) is 7.73. The minimum absolute atomic E-state index is 0.0554. The first kappa shape index (κ1) is 22.6. The van der Waals surface area contributed by atoms with Gasteiger partial charge in [-0.2, -0.15) is 11.8 Å². The van der Waals surface area contributed by atoms with Crippen LogP contribution in [0, 0.1) is 5.82 Å². The van der Waals surface area contributed by atoms with Gasteiger partial charge >= 0.3 is 0 Å². The van der Waals surface area contributed by atoms with Crippen molar-refractivity contribution >= 4 is 35.2 Å². The third-order valence-corrected chi connectivity index (χ3v) is 5.49. The van der Waals surface area contributed by atoms with E-state index in [1.54, 1.807) is 18.2 Å². The van der Waals surface area contributed by atoms with E-state index in [-0.39, 0.29) is 16.8 Å². The molecule has 0 aromatic heterocycles. The lowest BCUT2D eigenvalue weighted by atomic mass is 10.1. The van der Waals surface area contributed by atoms with Crippen LogP contribution in [0.1, 0.15) is 46.2 Å². The quantitative estimate of drug-likeness (QED) is 0.620. The van der Waals surface area contributed by atoms with Gasteiger partial charge in [-0.3, -0.25) is 19.3 Å². The highest BCUT2D eigenvalue weighted by Crippen LogP contribution is 2.39. The van der Waals surface area contributed by atoms with Crippen LogP contribution in [0.2, 0.25) is 0 Å². The van der Waals surface area contributed by atoms with E-state index in [0.29, 0.717) is 29.4 Å². The number of carbonyl (C=O) groups excluding carboxylic acids is 3. The molecule has 31 heavy (non-hydrogen) atoms. The Balaban J connectivity index is 2.09. The average molecular weight is 447 g/mol. The van der Waals surface area contributed by atoms with Crippen LogP contribution in [0.15, 0.2) is 30.3 Å². The lowest BCUT2D eigenvalue weighted by Gasteiger charge is -2.27. The van der Waals surface area contributed by atoms with Gasteiger partial charge in [-0.1, -0.05) is 6.07 Å². The summed E-state index contributed by atoms with van der Waals surface area (Å²) >= 11 is 1.46. The van der Waals surface area contributed by atoms with Crippen molar-refractivity contribution in [3.8, 4) is 11.5 Å². The molecule has 0 unspecified atom stereocenters. The molecule has 3 rings (SSSR count). The predicted molar refractivity (Wildman–Crippen MR) is 116 cm³/mol. The first-order chi connectivity index (χ1) is 14.8. The fourth-order valence-electron chi connectivity index (χ4n) is 3.55. The molecule has 1 aliphatic rings. The van der Waals surface area contributed by atoms with E-state index in [1.165, 1.54) is 31.9 Å². The van der Waals surface area contributed by atoms with Gasteiger partial charge in [-0.15, -0.1) is 0 Å². The molecule has 2 aromatic rings. The second-order valence-electron chi connectivity index (χ2n) is 6.82. The number of carbonyl (C=O) groups is 3. The van der Waals surface area contributed by atoms with Crippen molar-refractivity contribution in [1.82, 2.24) is 4.90 Å². The lowest BCUT2D eigenvalue weighted by molar-refractivity contribution is -0.114. The fraction of sp³-hybridized carbons (Fsp3) is 0.318. The van der Waals surface area contributed by atoms with Gasteiger partial charge in [0, 0.05) is 12.7 Å². The molecule has 7 nitrogen and oxygen atoms in total. The molecule has 0 bridgehead atoms. The van der Waals surface area contributed by atoms with Gasteiger partial charge in [0.1, 0.15) is 5.82 Å². The number of ether oxygens (including phenoxy) is 2. The first-order valence-electron chi connectivity index (χ1n) is 9.61. The molecule has 1 heterocycles. The number of hydrogen-bond acceptors (Lipinski definition) is 6. The summed E-state index contributed by atoms with van der Waals surface area (Å²) in [6, 6.07) is 6.94. The van der Waals surface area contributed by atoms with Gasteiger partial charge in [-0.05, 0) is 43.0 Å². The van der Waals surface area contributed by atoms with Crippen LogP contribution in [0.25, 0.3) is 0 Å². The maximum atomic E-state index is 14.4. The molecule has 1 N–H and O–H groups in total. The Kier molecular flexibility index (Phi) is 6.84. The predicted octanol–water partition coefficient (Wildman–Crippen LogP) is 3.89. The van der Waals surface area contributed by atoms with Crippen LogP contribution in [-0.2, 0) is 4.79 Å². The Morgan fingerprint density at radius 2 is 1.94 bits per heavy atom. The highest BCUT2D eigenvalue weighted by molar-refractivity contribution is 7.98. The Hall–Kier alpha value is -3.07. The summed E-state index contributed by atoms with van der Waals surface area (Å²) in [6.07, 6.45) is 1.86. The highest BCUT2D eigenvalue weighted by Gasteiger charge is 2.43. The van der Waals surface area contributed by atoms with Crippen LogP contribution in [0.3, 0.4) is 0 Å². The van der Waals surface area contributed by atoms with Gasteiger partial charge in [0.2, 0.25) is 5.91 Å². The molecule has 0 radical (unpaired) electrons. The number of hydrogen-bond donors (Lipinski definition) is 1. The van der Waals surface area contributed by atoms with Crippen molar-refractivity contribution in [2.24, 2.45) is 0 Å². The molecule has 0 aliphatic carbocycles. The van der Waals surface area contributed by atoms with Crippen LogP contribution in [0.5, 0.6) is 11.5 Å². The van der Waals surface area contributed by atoms with Crippen LogP contribution in [-0.4, -0.2) is 48.3 Å². The number of fused-ring (bicyclic) bond motifs is 1. The van der Waals surface area contributed by atoms with Crippen LogP contribution < -0.4 is 14.8 Å². The van der Waals surface area contributed by atoms with Crippen LogP contribution >= 0.6 is 11.8 Å². The molecule has 1 atom stereocenters. The van der Waals surface area contributed by atoms with E-state index in [2.05, 4.69) is 5.32 Å². The van der Waals surface area contributed by atoms with Crippen molar-refractivity contribution in [2.75, 3.05) is 31.0 Å². The van der Waals surface area contributed by atoms with Crippen molar-refractivity contribution in [3.63, 3.8) is 0 Å². The highest BCUT2D eigenvalue weighted by atomic mass is 32.2. The first-order valence-corrected chi connectivity index (χ1v) is 11.0. The van der Waals surface area contributed by atoms with Gasteiger partial charge in [0.15, 0.2) is 11.5 Å². The van der Waals surface area contributed by atoms with E-state index in [0.717, 1.165) is 11.0 Å². The summed E-state index contributed by atoms with van der Waals surface area (Å²) in [7, 11) is 1.53. The molecule has 164 valence electrons. The SMILES string of the molecule is CCOc1cc([C@@H](CSC)N2C(=O)c3ccc(F)c(NC(C)=O)c3C2=O)ccc1OC. The number of thioether (sulfide) groups is 1. The van der Waals surface area contributed by atoms with E-state index in [4.69, 9.17) is 9.47 Å². The number of methoxy groups -OCH3 is 1. The number of halogens is 1. The molecule has 0 saturated heterocycles. The third kappa shape index (κ3) is 4.23. The summed E-state index contributed by atoms with van der Waals surface area (Å²) in [4.78, 5) is 39.1. The van der Waals surface area contributed by atoms with Crippen molar-refractivity contribution < 1.29 is 28.2 Å². The van der Waals surface area contributed by atoms with Crippen molar-refractivity contribution in [1.29, 1.82) is 0 Å². The molecule has 2 aromatic carbocycles. The molecule has 1 aliphatic heterocycles. The molecule has 0 saturated carbocycles. The molecular weight excluding hydrogens is 423 g/mol. The largest absolute Gasteiger partial charge is 0.493 e. The minimum Gasteiger partial charge on any atom is -0.493 e. The minimum atomic E-state index is -0.776. The van der Waals surface area contributed by atoms with Crippen molar-refractivity contribution in [2.45, 2.75) is 19.9 Å². The molecule has 3 amide bonds. The number of nitrogens with zero attached hydrogens (tertiary/aromatic N) is 1. The van der Waals surface area contributed by atoms with Gasteiger partial charge < -0.3 is 14.8 Å². The zero-order valence-electron chi connectivity index (χ0n) is 17.7. The second kappa shape index (κ2) is 9.38. The summed E-state index contributed by atoms with van der Waals surface area (Å²) in [5.74, 6) is -1.07. The van der Waals surface area contributed by atoms with E-state index >= 15 is 0 Å². The fourth-order valence-corrected chi connectivity index (χ4v) is 4.21. The Morgan fingerprint density at radius 3 is 2.55 bits per heavy atom. The number of benzene rings is 2. The molecular formula is C22H23FN2O5S. The average Bonchev–Trinajstić information content (AvgIpc) is 2.98. The van der Waals surface area contributed by atoms with Crippen LogP contribution in [0.4, 0.5) is 10.1 Å². The topological polar surface area (TPSA) is 84.9 Å². The van der Waals surface area contributed by atoms with Gasteiger partial charge in [0.05, 0.1) is 36.6 Å². The number of anilines is 1. The summed E-state index contributed by atoms with van der Waals surface area (Å²) < 4.78 is 25.3. The smallest absolute Gasteiger partial charge is 0.264 e. The number of amides is 3. The zero-order chi connectivity index (χ0) is 22.7. The van der Waals surface area contributed by atoms with Gasteiger partial charge in [-0.25, -0.2) is 4.39 Å². The zero-order valence-corrected chi connectivity index (χ0v) is 18.5. The standard InChI is InChI=1S/C22H23FN2O5S/c1-5-30-18-10-13(6-9-17(18)29-3)16(11-31-4)25-21(27)14-7-8-15(23)20(24-12(2)26)19(14)22(25)28/h6-10,16H,5,11H2,1-4H3,(H,24,26)/t16-/m1/s1. The third-order valence-electron chi connectivity index (χ3n) is 4.85. The maximum Gasteiger partial charge on any atom is 0.264 e. The Bertz CT molecular complexity index is 1040. The maximum absolute atomic E-state index is 14.4. The van der Waals surface area contributed by atoms with Gasteiger partial charge in [0.25, 0.3) is 11.8 Å². The molecule has 0 fully saturated rings. The van der Waals surface area contributed by atoms with E-state index < -0.39 is 29.6 Å². The Morgan fingerprint density at radius 1 is 1.19 bits per heavy atom. The van der Waals surface area contributed by atoms with E-state index in [9.17, 15) is 18.8 Å². The molecule has 0 spiro atoms. The van der Waals surface area contributed by atoms with E-state index in [1.807, 2.05) is 13.2 Å². The summed E-state index contributed by atoms with van der Waals surface area (Å²) in [6.45, 7) is 3.47. The monoisotopic (exact) mass is 446 g/mol. The Labute approximate surface area is 183 Å². The molecule has 9 heteroatoms.